The van der Waals surface area contributed by atoms with Gasteiger partial charge in [0.25, 0.3) is 0 Å². The van der Waals surface area contributed by atoms with Crippen molar-refractivity contribution >= 4 is 62.2 Å². The highest BCUT2D eigenvalue weighted by Crippen LogP contribution is 2.41. The second kappa shape index (κ2) is 9.61. The molecule has 0 aliphatic carbocycles. The molecule has 9 aromatic rings. The van der Waals surface area contributed by atoms with E-state index < -0.39 is 8.07 Å². The summed E-state index contributed by atoms with van der Waals surface area (Å²) in [5.74, 6) is 0.742. The fraction of sp³-hybridized carbons (Fsp3) is 0.0476. The maximum Gasteiger partial charge on any atom is 0.160 e. The van der Waals surface area contributed by atoms with E-state index in [0.717, 1.165) is 72.4 Å². The van der Waals surface area contributed by atoms with Gasteiger partial charge in [0.2, 0.25) is 0 Å². The molecule has 0 atom stereocenters. The molecule has 4 heterocycles. The second-order valence-corrected chi connectivity index (χ2v) is 17.3. The summed E-state index contributed by atoms with van der Waals surface area (Å²) in [4.78, 5) is 10.7. The van der Waals surface area contributed by atoms with Gasteiger partial charge in [-0.2, -0.15) is 0 Å². The molecule has 0 saturated carbocycles. The molecular formula is C42H29N3OSi. The van der Waals surface area contributed by atoms with Crippen molar-refractivity contribution in [3.05, 3.63) is 140 Å². The van der Waals surface area contributed by atoms with Crippen LogP contribution in [0.1, 0.15) is 0 Å². The van der Waals surface area contributed by atoms with Gasteiger partial charge in [0.05, 0.1) is 27.8 Å². The number of hydrogen-bond acceptors (Lipinski definition) is 3. The van der Waals surface area contributed by atoms with Crippen LogP contribution in [0.3, 0.4) is 0 Å². The molecule has 0 unspecified atom stereocenters. The predicted octanol–water partition coefficient (Wildman–Crippen LogP) is 9.61. The molecule has 1 aliphatic heterocycles. The molecule has 6 aromatic carbocycles. The SMILES string of the molecule is C[Si]1(C)c2ccccc2-c2nc(-c3cccc(-n4c5ccccc5c5c6oc7ccccc7c6ccc54)c3)nc(-c3ccccc3)c21. The third-order valence-electron chi connectivity index (χ3n) is 9.98. The lowest BCUT2D eigenvalue weighted by Gasteiger charge is -2.21. The van der Waals surface area contributed by atoms with Crippen LogP contribution in [0.25, 0.3) is 83.3 Å². The Morgan fingerprint density at radius 2 is 1.30 bits per heavy atom. The molecule has 5 heteroatoms. The molecule has 1 aliphatic rings. The van der Waals surface area contributed by atoms with E-state index in [2.05, 4.69) is 145 Å². The van der Waals surface area contributed by atoms with Crippen LogP contribution in [-0.4, -0.2) is 22.6 Å². The maximum atomic E-state index is 6.53. The monoisotopic (exact) mass is 619 g/mol. The molecule has 0 saturated heterocycles. The van der Waals surface area contributed by atoms with Gasteiger partial charge in [-0.25, -0.2) is 9.97 Å². The van der Waals surface area contributed by atoms with Crippen molar-refractivity contribution in [1.29, 1.82) is 0 Å². The zero-order valence-corrected chi connectivity index (χ0v) is 27.0. The maximum absolute atomic E-state index is 6.53. The Morgan fingerprint density at radius 3 is 2.19 bits per heavy atom. The molecule has 0 bridgehead atoms. The van der Waals surface area contributed by atoms with Crippen molar-refractivity contribution in [3.8, 4) is 39.6 Å². The Morgan fingerprint density at radius 1 is 0.574 bits per heavy atom. The van der Waals surface area contributed by atoms with E-state index in [1.54, 1.807) is 0 Å². The molecule has 0 N–H and O–H groups in total. The Balaban J connectivity index is 1.22. The Kier molecular flexibility index (Phi) is 5.41. The summed E-state index contributed by atoms with van der Waals surface area (Å²) >= 11 is 0. The number of hydrogen-bond donors (Lipinski definition) is 0. The third kappa shape index (κ3) is 3.69. The molecule has 0 radical (unpaired) electrons. The van der Waals surface area contributed by atoms with E-state index >= 15 is 0 Å². The molecule has 222 valence electrons. The molecule has 10 rings (SSSR count). The average molecular weight is 620 g/mol. The van der Waals surface area contributed by atoms with Crippen LogP contribution in [0.5, 0.6) is 0 Å². The number of rotatable bonds is 3. The lowest BCUT2D eigenvalue weighted by atomic mass is 10.1. The van der Waals surface area contributed by atoms with Gasteiger partial charge in [0.1, 0.15) is 19.2 Å². The van der Waals surface area contributed by atoms with Gasteiger partial charge in [-0.15, -0.1) is 0 Å². The lowest BCUT2D eigenvalue weighted by molar-refractivity contribution is 0.673. The number of benzene rings is 6. The zero-order chi connectivity index (χ0) is 31.3. The van der Waals surface area contributed by atoms with Crippen LogP contribution in [0.4, 0.5) is 0 Å². The van der Waals surface area contributed by atoms with Crippen molar-refractivity contribution in [1.82, 2.24) is 14.5 Å². The first-order valence-electron chi connectivity index (χ1n) is 16.1. The topological polar surface area (TPSA) is 43.9 Å². The molecule has 3 aromatic heterocycles. The van der Waals surface area contributed by atoms with E-state index in [1.165, 1.54) is 21.3 Å². The first kappa shape index (κ1) is 26.4. The highest BCUT2D eigenvalue weighted by atomic mass is 28.3. The van der Waals surface area contributed by atoms with Crippen LogP contribution < -0.4 is 10.4 Å². The first-order chi connectivity index (χ1) is 23.1. The van der Waals surface area contributed by atoms with Crippen LogP contribution >= 0.6 is 0 Å². The molecule has 47 heavy (non-hydrogen) atoms. The van der Waals surface area contributed by atoms with Crippen molar-refractivity contribution in [2.45, 2.75) is 13.1 Å². The normalized spacial score (nSPS) is 13.5. The lowest BCUT2D eigenvalue weighted by Crippen LogP contribution is -2.50. The highest BCUT2D eigenvalue weighted by Gasteiger charge is 2.41. The minimum absolute atomic E-state index is 0.742. The van der Waals surface area contributed by atoms with Crippen LogP contribution in [0, 0.1) is 0 Å². The van der Waals surface area contributed by atoms with Crippen LogP contribution in [0.15, 0.2) is 144 Å². The Bertz CT molecular complexity index is 2720. The molecule has 4 nitrogen and oxygen atoms in total. The minimum atomic E-state index is -2.02. The second-order valence-electron chi connectivity index (χ2n) is 13.0. The van der Waals surface area contributed by atoms with Crippen molar-refractivity contribution in [2.75, 3.05) is 0 Å². The zero-order valence-electron chi connectivity index (χ0n) is 26.0. The number of furan rings is 1. The number of fused-ring (bicyclic) bond motifs is 10. The molecule has 0 amide bonds. The Labute approximate surface area is 272 Å². The summed E-state index contributed by atoms with van der Waals surface area (Å²) in [6, 6.07) is 49.4. The average Bonchev–Trinajstić information content (AvgIpc) is 3.74. The molecule has 0 fully saturated rings. The summed E-state index contributed by atoms with van der Waals surface area (Å²) in [5, 5.41) is 7.32. The predicted molar refractivity (Wildman–Crippen MR) is 197 cm³/mol. The highest BCUT2D eigenvalue weighted by molar-refractivity contribution is 7.04. The molecule has 0 spiro atoms. The van der Waals surface area contributed by atoms with Gasteiger partial charge < -0.3 is 8.98 Å². The standard InChI is InChI=1S/C42H29N3OSi/c1-47(2)36-22-11-8-19-32(36)39-41(47)38(26-13-4-3-5-14-26)43-42(44-39)27-15-12-16-28(25-27)45-33-20-9-6-18-31(33)37-34(45)24-23-30-29-17-7-10-21-35(29)46-40(30)37/h3-25H,1-2H3. The van der Waals surface area contributed by atoms with E-state index in [4.69, 9.17) is 14.4 Å². The first-order valence-corrected chi connectivity index (χ1v) is 19.1. The van der Waals surface area contributed by atoms with E-state index in [9.17, 15) is 0 Å². The largest absolute Gasteiger partial charge is 0.455 e. The van der Waals surface area contributed by atoms with E-state index in [0.29, 0.717) is 0 Å². The fourth-order valence-electron chi connectivity index (χ4n) is 7.85. The summed E-state index contributed by atoms with van der Waals surface area (Å²) in [6.45, 7) is 4.85. The summed E-state index contributed by atoms with van der Waals surface area (Å²) < 4.78 is 8.87. The van der Waals surface area contributed by atoms with Gasteiger partial charge in [0, 0.05) is 33.0 Å². The van der Waals surface area contributed by atoms with Gasteiger partial charge in [-0.1, -0.05) is 116 Å². The molecular weight excluding hydrogens is 591 g/mol. The number of nitrogens with zero attached hydrogens (tertiary/aromatic N) is 3. The third-order valence-corrected chi connectivity index (χ3v) is 13.5. The van der Waals surface area contributed by atoms with Crippen molar-refractivity contribution in [2.24, 2.45) is 0 Å². The van der Waals surface area contributed by atoms with Crippen molar-refractivity contribution in [3.63, 3.8) is 0 Å². The summed E-state index contributed by atoms with van der Waals surface area (Å²) in [5.41, 5.74) is 10.6. The van der Waals surface area contributed by atoms with E-state index in [-0.39, 0.29) is 0 Å². The van der Waals surface area contributed by atoms with Gasteiger partial charge in [-0.3, -0.25) is 0 Å². The number of para-hydroxylation sites is 2. The smallest absolute Gasteiger partial charge is 0.160 e. The Hall–Kier alpha value is -5.78. The van der Waals surface area contributed by atoms with Crippen LogP contribution in [0.2, 0.25) is 13.1 Å². The van der Waals surface area contributed by atoms with E-state index in [1.807, 2.05) is 12.1 Å². The summed E-state index contributed by atoms with van der Waals surface area (Å²) in [7, 11) is -2.02. The van der Waals surface area contributed by atoms with Gasteiger partial charge in [0.15, 0.2) is 5.82 Å². The van der Waals surface area contributed by atoms with Gasteiger partial charge >= 0.3 is 0 Å². The fourth-order valence-corrected chi connectivity index (χ4v) is 11.1. The van der Waals surface area contributed by atoms with Crippen LogP contribution in [-0.2, 0) is 0 Å². The number of aromatic nitrogens is 3. The van der Waals surface area contributed by atoms with Gasteiger partial charge in [-0.05, 0) is 52.3 Å². The quantitative estimate of drug-likeness (QED) is 0.185. The summed E-state index contributed by atoms with van der Waals surface area (Å²) in [6.07, 6.45) is 0. The van der Waals surface area contributed by atoms with Crippen molar-refractivity contribution < 1.29 is 4.42 Å². The minimum Gasteiger partial charge on any atom is -0.455 e.